The van der Waals surface area contributed by atoms with Gasteiger partial charge in [0.2, 0.25) is 0 Å². The van der Waals surface area contributed by atoms with Crippen molar-refractivity contribution in [1.82, 2.24) is 0 Å². The predicted molar refractivity (Wildman–Crippen MR) is 47.3 cm³/mol. The first-order chi connectivity index (χ1) is 4.89. The van der Waals surface area contributed by atoms with E-state index in [4.69, 9.17) is 5.73 Å². The van der Waals surface area contributed by atoms with Crippen molar-refractivity contribution < 1.29 is 4.79 Å². The number of hydrogen-bond acceptors (Lipinski definition) is 2. The summed E-state index contributed by atoms with van der Waals surface area (Å²) in [4.78, 5) is 11.4. The summed E-state index contributed by atoms with van der Waals surface area (Å²) in [7, 11) is 0. The summed E-state index contributed by atoms with van der Waals surface area (Å²) in [6.45, 7) is 9.15. The Balaban J connectivity index is 4.13. The third kappa shape index (κ3) is 3.33. The lowest BCUT2D eigenvalue weighted by Crippen LogP contribution is -2.38. The van der Waals surface area contributed by atoms with Crippen LogP contribution < -0.4 is 5.73 Å². The highest BCUT2D eigenvalue weighted by Crippen LogP contribution is 2.17. The fourth-order valence-corrected chi connectivity index (χ4v) is 0.843. The van der Waals surface area contributed by atoms with Crippen molar-refractivity contribution in [3.63, 3.8) is 0 Å². The van der Waals surface area contributed by atoms with Crippen molar-refractivity contribution in [2.24, 2.45) is 11.1 Å². The maximum atomic E-state index is 11.4. The molecule has 1 atom stereocenters. The van der Waals surface area contributed by atoms with Gasteiger partial charge in [0.25, 0.3) is 0 Å². The second-order valence-electron chi connectivity index (χ2n) is 3.75. The van der Waals surface area contributed by atoms with Gasteiger partial charge in [-0.05, 0) is 6.42 Å². The van der Waals surface area contributed by atoms with E-state index >= 15 is 0 Å². The molecule has 0 fully saturated rings. The molecule has 2 heteroatoms. The number of carbonyl (C=O) groups excluding carboxylic acids is 1. The average molecular weight is 155 g/mol. The highest BCUT2D eigenvalue weighted by atomic mass is 16.1. The number of nitrogens with two attached hydrogens (primary N) is 1. The van der Waals surface area contributed by atoms with E-state index in [2.05, 4.69) is 6.58 Å². The zero-order chi connectivity index (χ0) is 9.07. The molecule has 0 heterocycles. The molecule has 0 aliphatic heterocycles. The minimum Gasteiger partial charge on any atom is -0.321 e. The molecule has 0 saturated carbocycles. The molecule has 0 spiro atoms. The van der Waals surface area contributed by atoms with Crippen LogP contribution in [0.25, 0.3) is 0 Å². The van der Waals surface area contributed by atoms with Crippen LogP contribution in [0.15, 0.2) is 12.7 Å². The molecule has 11 heavy (non-hydrogen) atoms. The number of hydrogen-bond donors (Lipinski definition) is 1. The van der Waals surface area contributed by atoms with E-state index in [1.807, 2.05) is 20.8 Å². The van der Waals surface area contributed by atoms with Crippen LogP contribution in [0.4, 0.5) is 0 Å². The van der Waals surface area contributed by atoms with E-state index in [9.17, 15) is 4.79 Å². The summed E-state index contributed by atoms with van der Waals surface area (Å²) in [5, 5.41) is 0. The van der Waals surface area contributed by atoms with E-state index in [1.54, 1.807) is 6.08 Å². The van der Waals surface area contributed by atoms with Crippen LogP contribution in [0.3, 0.4) is 0 Å². The second kappa shape index (κ2) is 3.67. The van der Waals surface area contributed by atoms with E-state index in [0.717, 1.165) is 0 Å². The molecule has 0 aliphatic carbocycles. The Kier molecular flexibility index (Phi) is 3.46. The highest BCUT2D eigenvalue weighted by molar-refractivity contribution is 5.88. The van der Waals surface area contributed by atoms with Crippen LogP contribution in [0.1, 0.15) is 27.2 Å². The predicted octanol–water partition coefficient (Wildman–Crippen LogP) is 1.50. The molecule has 0 saturated heterocycles. The van der Waals surface area contributed by atoms with Crippen molar-refractivity contribution in [2.75, 3.05) is 0 Å². The van der Waals surface area contributed by atoms with Gasteiger partial charge in [-0.1, -0.05) is 26.8 Å². The van der Waals surface area contributed by atoms with Gasteiger partial charge in [-0.15, -0.1) is 6.58 Å². The number of Topliss-reactive ketones (excluding diaryl/α,β-unsaturated/α-hetero) is 1. The lowest BCUT2D eigenvalue weighted by Gasteiger charge is -2.20. The van der Waals surface area contributed by atoms with Gasteiger partial charge in [0, 0.05) is 5.41 Å². The quantitative estimate of drug-likeness (QED) is 0.628. The van der Waals surface area contributed by atoms with E-state index < -0.39 is 0 Å². The Labute approximate surface area is 68.5 Å². The number of rotatable bonds is 3. The molecular weight excluding hydrogens is 138 g/mol. The molecule has 0 bridgehead atoms. The van der Waals surface area contributed by atoms with Gasteiger partial charge in [-0.3, -0.25) is 4.79 Å². The monoisotopic (exact) mass is 155 g/mol. The zero-order valence-corrected chi connectivity index (χ0v) is 7.55. The first-order valence-corrected chi connectivity index (χ1v) is 3.80. The van der Waals surface area contributed by atoms with Crippen LogP contribution >= 0.6 is 0 Å². The Bertz CT molecular complexity index is 155. The molecule has 1 unspecified atom stereocenters. The van der Waals surface area contributed by atoms with Crippen LogP contribution in [0, 0.1) is 5.41 Å². The average Bonchev–Trinajstić information content (AvgIpc) is 1.85. The van der Waals surface area contributed by atoms with Gasteiger partial charge < -0.3 is 5.73 Å². The largest absolute Gasteiger partial charge is 0.321 e. The van der Waals surface area contributed by atoms with Crippen molar-refractivity contribution in [3.05, 3.63) is 12.7 Å². The maximum Gasteiger partial charge on any atom is 0.155 e. The van der Waals surface area contributed by atoms with Crippen molar-refractivity contribution in [3.8, 4) is 0 Å². The van der Waals surface area contributed by atoms with Crippen molar-refractivity contribution in [2.45, 2.75) is 33.2 Å². The Morgan fingerprint density at radius 1 is 1.64 bits per heavy atom. The van der Waals surface area contributed by atoms with Crippen molar-refractivity contribution >= 4 is 5.78 Å². The maximum absolute atomic E-state index is 11.4. The molecule has 0 aromatic heterocycles. The van der Waals surface area contributed by atoms with Gasteiger partial charge in [-0.2, -0.15) is 0 Å². The van der Waals surface area contributed by atoms with E-state index in [-0.39, 0.29) is 17.2 Å². The summed E-state index contributed by atoms with van der Waals surface area (Å²) in [6, 6.07) is -0.382. The van der Waals surface area contributed by atoms with E-state index in [0.29, 0.717) is 6.42 Å². The lowest BCUT2D eigenvalue weighted by atomic mass is 9.86. The fraction of sp³-hybridized carbons (Fsp3) is 0.667. The third-order valence-corrected chi connectivity index (χ3v) is 1.50. The molecular formula is C9H17NO. The SMILES string of the molecule is C=CCC(N)C(=O)C(C)(C)C. The van der Waals surface area contributed by atoms with Gasteiger partial charge in [0.1, 0.15) is 0 Å². The summed E-state index contributed by atoms with van der Waals surface area (Å²) in [5.74, 6) is 0.0948. The molecule has 0 rings (SSSR count). The molecule has 2 N–H and O–H groups in total. The van der Waals surface area contributed by atoms with Crippen LogP contribution in [0.2, 0.25) is 0 Å². The van der Waals surface area contributed by atoms with Crippen LogP contribution in [0.5, 0.6) is 0 Å². The summed E-state index contributed by atoms with van der Waals surface area (Å²) >= 11 is 0. The first-order valence-electron chi connectivity index (χ1n) is 3.80. The smallest absolute Gasteiger partial charge is 0.155 e. The molecule has 0 radical (unpaired) electrons. The lowest BCUT2D eigenvalue weighted by molar-refractivity contribution is -0.127. The van der Waals surface area contributed by atoms with Gasteiger partial charge >= 0.3 is 0 Å². The van der Waals surface area contributed by atoms with Gasteiger partial charge in [0.05, 0.1) is 6.04 Å². The Morgan fingerprint density at radius 3 is 2.36 bits per heavy atom. The number of carbonyl (C=O) groups is 1. The second-order valence-corrected chi connectivity index (χ2v) is 3.75. The van der Waals surface area contributed by atoms with E-state index in [1.165, 1.54) is 0 Å². The molecule has 64 valence electrons. The first kappa shape index (κ1) is 10.4. The minimum absolute atomic E-state index is 0.0948. The molecule has 0 aromatic rings. The molecule has 0 aromatic carbocycles. The fourth-order valence-electron chi connectivity index (χ4n) is 0.843. The summed E-state index contributed by atoms with van der Waals surface area (Å²) < 4.78 is 0. The highest BCUT2D eigenvalue weighted by Gasteiger charge is 2.25. The van der Waals surface area contributed by atoms with Gasteiger partial charge in [-0.25, -0.2) is 0 Å². The van der Waals surface area contributed by atoms with Gasteiger partial charge in [0.15, 0.2) is 5.78 Å². The molecule has 0 amide bonds. The van der Waals surface area contributed by atoms with Crippen molar-refractivity contribution in [1.29, 1.82) is 0 Å². The molecule has 0 aliphatic rings. The third-order valence-electron chi connectivity index (χ3n) is 1.50. The minimum atomic E-state index is -0.382. The summed E-state index contributed by atoms with van der Waals surface area (Å²) in [5.41, 5.74) is 5.26. The zero-order valence-electron chi connectivity index (χ0n) is 7.55. The van der Waals surface area contributed by atoms with Crippen LogP contribution in [-0.2, 0) is 4.79 Å². The van der Waals surface area contributed by atoms with Crippen LogP contribution in [-0.4, -0.2) is 11.8 Å². The number of ketones is 1. The summed E-state index contributed by atoms with van der Waals surface area (Å²) in [6.07, 6.45) is 2.24. The molecule has 2 nitrogen and oxygen atoms in total. The topological polar surface area (TPSA) is 43.1 Å². The standard InChI is InChI=1S/C9H17NO/c1-5-6-7(10)8(11)9(2,3)4/h5,7H,1,6,10H2,2-4H3. The normalized spacial score (nSPS) is 14.2. The Hall–Kier alpha value is -0.630. The Morgan fingerprint density at radius 2 is 2.09 bits per heavy atom.